The molecule has 0 radical (unpaired) electrons. The van der Waals surface area contributed by atoms with E-state index in [0.717, 1.165) is 21.5 Å². The summed E-state index contributed by atoms with van der Waals surface area (Å²) in [4.78, 5) is 14.2. The second-order valence-corrected chi connectivity index (χ2v) is 8.32. The molecule has 0 amide bonds. The molecular formula is C21H17ClN2O3S. The summed E-state index contributed by atoms with van der Waals surface area (Å²) in [6, 6.07) is 6.92. The summed E-state index contributed by atoms with van der Waals surface area (Å²) in [7, 11) is 0. The van der Waals surface area contributed by atoms with Crippen LogP contribution in [-0.2, 0) is 6.42 Å². The van der Waals surface area contributed by atoms with Crippen molar-refractivity contribution in [3.63, 3.8) is 0 Å². The lowest BCUT2D eigenvalue weighted by Gasteiger charge is -2.23. The van der Waals surface area contributed by atoms with Crippen LogP contribution < -0.4 is 5.73 Å². The number of thiophene rings is 1. The van der Waals surface area contributed by atoms with Gasteiger partial charge in [-0.15, -0.1) is 22.9 Å². The Bertz CT molecular complexity index is 1250. The average Bonchev–Trinajstić information content (AvgIpc) is 3.36. The third-order valence-corrected chi connectivity index (χ3v) is 6.84. The maximum absolute atomic E-state index is 13.2. The fourth-order valence-electron chi connectivity index (χ4n) is 4.07. The fraction of sp³-hybridized carbons (Fsp3) is 0.190. The second-order valence-electron chi connectivity index (χ2n) is 7.14. The van der Waals surface area contributed by atoms with Crippen molar-refractivity contribution in [3.05, 3.63) is 58.4 Å². The number of nitrogen functional groups attached to an aromatic ring is 1. The Balaban J connectivity index is 1.65. The molecule has 1 aliphatic carbocycles. The van der Waals surface area contributed by atoms with E-state index in [1.807, 2.05) is 0 Å². The zero-order valence-electron chi connectivity index (χ0n) is 15.0. The Morgan fingerprint density at radius 2 is 2.25 bits per heavy atom. The van der Waals surface area contributed by atoms with Crippen LogP contribution in [0.1, 0.15) is 33.3 Å². The van der Waals surface area contributed by atoms with Crippen molar-refractivity contribution in [2.24, 2.45) is 0 Å². The molecule has 3 aromatic heterocycles. The molecule has 1 aromatic carbocycles. The van der Waals surface area contributed by atoms with Crippen LogP contribution in [0.4, 0.5) is 5.69 Å². The van der Waals surface area contributed by atoms with E-state index in [1.165, 1.54) is 21.9 Å². The minimum Gasteiger partial charge on any atom is -0.506 e. The molecule has 5 rings (SSSR count). The lowest BCUT2D eigenvalue weighted by Crippen LogP contribution is -2.19. The van der Waals surface area contributed by atoms with Crippen molar-refractivity contribution in [2.75, 3.05) is 11.6 Å². The molecular weight excluding hydrogens is 396 g/mol. The molecule has 3 heterocycles. The third kappa shape index (κ3) is 2.41. The normalized spacial score (nSPS) is 15.6. The molecule has 0 bridgehead atoms. The zero-order chi connectivity index (χ0) is 19.6. The second kappa shape index (κ2) is 6.15. The van der Waals surface area contributed by atoms with Gasteiger partial charge in [-0.3, -0.25) is 9.36 Å². The smallest absolute Gasteiger partial charge is 0.297 e. The Morgan fingerprint density at radius 3 is 3.04 bits per heavy atom. The number of benzene rings is 1. The Hall–Kier alpha value is -2.70. The number of anilines is 1. The summed E-state index contributed by atoms with van der Waals surface area (Å²) in [5.41, 5.74) is 10.9. The molecule has 0 saturated carbocycles. The number of hydrogen-bond donors (Lipinski definition) is 2. The number of nitrogens with two attached hydrogens (primary N) is 1. The van der Waals surface area contributed by atoms with Crippen molar-refractivity contribution >= 4 is 45.5 Å². The van der Waals surface area contributed by atoms with Crippen LogP contribution in [0.5, 0.6) is 5.75 Å². The van der Waals surface area contributed by atoms with E-state index in [2.05, 4.69) is 12.3 Å². The van der Waals surface area contributed by atoms with Crippen molar-refractivity contribution in [2.45, 2.75) is 19.3 Å². The van der Waals surface area contributed by atoms with Crippen molar-refractivity contribution in [1.82, 2.24) is 4.57 Å². The number of carbonyl (C=O) groups excluding carboxylic acids is 1. The fourth-order valence-corrected chi connectivity index (χ4v) is 5.55. The first-order valence-electron chi connectivity index (χ1n) is 8.89. The van der Waals surface area contributed by atoms with Gasteiger partial charge in [0.2, 0.25) is 0 Å². The number of aryl methyl sites for hydroxylation is 1. The first kappa shape index (κ1) is 17.4. The molecule has 1 atom stereocenters. The van der Waals surface area contributed by atoms with Gasteiger partial charge in [0, 0.05) is 33.4 Å². The van der Waals surface area contributed by atoms with Crippen LogP contribution in [0.25, 0.3) is 21.4 Å². The molecule has 0 saturated heterocycles. The minimum atomic E-state index is -0.323. The number of aromatic hydroxyl groups is 1. The molecule has 0 fully saturated rings. The highest BCUT2D eigenvalue weighted by atomic mass is 35.5. The van der Waals surface area contributed by atoms with Gasteiger partial charge < -0.3 is 15.3 Å². The number of carbonyl (C=O) groups is 1. The van der Waals surface area contributed by atoms with Crippen molar-refractivity contribution in [3.8, 4) is 16.2 Å². The maximum atomic E-state index is 13.2. The number of hydrogen-bond acceptors (Lipinski definition) is 5. The Labute approximate surface area is 169 Å². The Morgan fingerprint density at radius 1 is 1.43 bits per heavy atom. The molecule has 3 N–H and O–H groups in total. The van der Waals surface area contributed by atoms with E-state index in [4.69, 9.17) is 21.8 Å². The van der Waals surface area contributed by atoms with E-state index in [1.54, 1.807) is 35.6 Å². The van der Waals surface area contributed by atoms with Crippen LogP contribution in [0, 0.1) is 6.92 Å². The Kier molecular flexibility index (Phi) is 3.82. The number of furan rings is 1. The van der Waals surface area contributed by atoms with Crippen molar-refractivity contribution in [1.29, 1.82) is 0 Å². The lowest BCUT2D eigenvalue weighted by atomic mass is 9.85. The van der Waals surface area contributed by atoms with Gasteiger partial charge in [-0.1, -0.05) is 0 Å². The first-order valence-corrected chi connectivity index (χ1v) is 10.3. The van der Waals surface area contributed by atoms with Crippen LogP contribution in [0.3, 0.4) is 0 Å². The number of alkyl halides is 1. The number of aromatic nitrogens is 1. The largest absolute Gasteiger partial charge is 0.506 e. The van der Waals surface area contributed by atoms with Crippen LogP contribution in [0.2, 0.25) is 0 Å². The summed E-state index contributed by atoms with van der Waals surface area (Å²) in [6.07, 6.45) is 2.06. The van der Waals surface area contributed by atoms with Gasteiger partial charge in [0.25, 0.3) is 5.91 Å². The number of rotatable bonds is 2. The van der Waals surface area contributed by atoms with Gasteiger partial charge in [0.1, 0.15) is 11.3 Å². The molecule has 7 heteroatoms. The SMILES string of the molecule is Cc1csc2c1C(CCl)Cc1c-2c(O)cn1C(=O)c1cc2cc(N)ccc2o1. The predicted molar refractivity (Wildman–Crippen MR) is 112 cm³/mol. The summed E-state index contributed by atoms with van der Waals surface area (Å²) in [5.74, 6) is 0.533. The van der Waals surface area contributed by atoms with Crippen LogP contribution in [0.15, 0.2) is 40.3 Å². The number of halogens is 1. The van der Waals surface area contributed by atoms with E-state index in [9.17, 15) is 9.90 Å². The quantitative estimate of drug-likeness (QED) is 0.353. The van der Waals surface area contributed by atoms with Crippen LogP contribution in [-0.4, -0.2) is 21.5 Å². The molecule has 1 unspecified atom stereocenters. The average molecular weight is 413 g/mol. The highest BCUT2D eigenvalue weighted by Crippen LogP contribution is 2.49. The van der Waals surface area contributed by atoms with E-state index < -0.39 is 0 Å². The molecule has 1 aliphatic rings. The van der Waals surface area contributed by atoms with Gasteiger partial charge in [-0.25, -0.2) is 0 Å². The summed E-state index contributed by atoms with van der Waals surface area (Å²) >= 11 is 7.82. The topological polar surface area (TPSA) is 81.4 Å². The van der Waals surface area contributed by atoms with Gasteiger partial charge >= 0.3 is 0 Å². The molecule has 0 spiro atoms. The molecule has 4 aromatic rings. The number of fused-ring (bicyclic) bond motifs is 4. The summed E-state index contributed by atoms with van der Waals surface area (Å²) in [5, 5.41) is 13.5. The van der Waals surface area contributed by atoms with Crippen LogP contribution >= 0.6 is 22.9 Å². The standard InChI is InChI=1S/C21H17ClN2O3S/c1-10-9-28-20-18(10)12(7-22)5-14-19(20)15(25)8-24(14)21(26)17-6-11-4-13(23)2-3-16(11)27-17/h2-4,6,8-9,12,25H,5,7,23H2,1H3. The van der Waals surface area contributed by atoms with Gasteiger partial charge in [0.05, 0.1) is 11.8 Å². The monoisotopic (exact) mass is 412 g/mol. The van der Waals surface area contributed by atoms with Crippen molar-refractivity contribution < 1.29 is 14.3 Å². The summed E-state index contributed by atoms with van der Waals surface area (Å²) in [6.45, 7) is 2.05. The molecule has 0 aliphatic heterocycles. The first-order chi connectivity index (χ1) is 13.5. The molecule has 142 valence electrons. The highest BCUT2D eigenvalue weighted by molar-refractivity contribution is 7.14. The van der Waals surface area contributed by atoms with E-state index >= 15 is 0 Å². The lowest BCUT2D eigenvalue weighted by molar-refractivity contribution is 0.0931. The van der Waals surface area contributed by atoms with E-state index in [-0.39, 0.29) is 23.3 Å². The van der Waals surface area contributed by atoms with Gasteiger partial charge in [-0.05, 0) is 54.1 Å². The third-order valence-electron chi connectivity index (χ3n) is 5.34. The highest BCUT2D eigenvalue weighted by Gasteiger charge is 2.34. The zero-order valence-corrected chi connectivity index (χ0v) is 16.6. The maximum Gasteiger partial charge on any atom is 0.297 e. The molecule has 5 nitrogen and oxygen atoms in total. The minimum absolute atomic E-state index is 0.0971. The van der Waals surface area contributed by atoms with Gasteiger partial charge in [-0.2, -0.15) is 0 Å². The summed E-state index contributed by atoms with van der Waals surface area (Å²) < 4.78 is 7.22. The predicted octanol–water partition coefficient (Wildman–Crippen LogP) is 5.13. The van der Waals surface area contributed by atoms with E-state index in [0.29, 0.717) is 23.6 Å². The number of nitrogens with zero attached hydrogens (tertiary/aromatic N) is 1. The molecule has 28 heavy (non-hydrogen) atoms. The van der Waals surface area contributed by atoms with Gasteiger partial charge in [0.15, 0.2) is 5.76 Å².